The van der Waals surface area contributed by atoms with Crippen molar-refractivity contribution in [3.63, 3.8) is 0 Å². The third kappa shape index (κ3) is 4.72. The Kier molecular flexibility index (Phi) is 5.59. The number of hydrogen-bond acceptors (Lipinski definition) is 2. The molecule has 1 aromatic rings. The van der Waals surface area contributed by atoms with E-state index in [4.69, 9.17) is 0 Å². The van der Waals surface area contributed by atoms with E-state index in [0.29, 0.717) is 19.0 Å². The fourth-order valence-corrected chi connectivity index (χ4v) is 1.92. The van der Waals surface area contributed by atoms with Gasteiger partial charge in [0.25, 0.3) is 0 Å². The normalized spacial score (nSPS) is 12.4. The smallest absolute Gasteiger partial charge is 0.118 e. The second kappa shape index (κ2) is 6.97. The molecule has 18 heavy (non-hydrogen) atoms. The van der Waals surface area contributed by atoms with Gasteiger partial charge in [-0.2, -0.15) is 0 Å². The molecule has 0 radical (unpaired) electrons. The van der Waals surface area contributed by atoms with Crippen molar-refractivity contribution >= 4 is 5.97 Å². The first kappa shape index (κ1) is 14.5. The molecule has 3 nitrogen and oxygen atoms in total. The molecular formula is C15H21NO2. The zero-order chi connectivity index (χ0) is 13.5. The summed E-state index contributed by atoms with van der Waals surface area (Å²) < 4.78 is 0. The molecule has 0 aliphatic heterocycles. The predicted octanol–water partition coefficient (Wildman–Crippen LogP) is 0.131. The topological polar surface area (TPSA) is 44.6 Å². The van der Waals surface area contributed by atoms with Gasteiger partial charge in [-0.3, -0.25) is 0 Å². The molecule has 1 rings (SSSR count). The summed E-state index contributed by atoms with van der Waals surface area (Å²) in [6, 6.07) is 8.33. The monoisotopic (exact) mass is 247 g/mol. The molecule has 0 aliphatic rings. The summed E-state index contributed by atoms with van der Waals surface area (Å²) >= 11 is 0. The van der Waals surface area contributed by atoms with Gasteiger partial charge in [-0.15, -0.1) is 0 Å². The Morgan fingerprint density at radius 3 is 2.44 bits per heavy atom. The minimum Gasteiger partial charge on any atom is -0.544 e. The number of carbonyl (C=O) groups is 1. The molecule has 1 atom stereocenters. The number of carbonyl (C=O) groups excluding carboxylic acids is 1. The Hall–Kier alpha value is -1.61. The molecule has 0 heterocycles. The lowest BCUT2D eigenvalue weighted by Crippen LogP contribution is -3.11. The van der Waals surface area contributed by atoms with E-state index in [9.17, 15) is 9.90 Å². The molecule has 1 aromatic carbocycles. The first-order valence-electron chi connectivity index (χ1n) is 6.26. The van der Waals surface area contributed by atoms with Crippen LogP contribution in [0.25, 0.3) is 0 Å². The van der Waals surface area contributed by atoms with Crippen molar-refractivity contribution in [1.29, 1.82) is 0 Å². The summed E-state index contributed by atoms with van der Waals surface area (Å²) in [4.78, 5) is 11.6. The summed E-state index contributed by atoms with van der Waals surface area (Å²) in [5, 5.41) is 10.7. The highest BCUT2D eigenvalue weighted by molar-refractivity contribution is 5.65. The van der Waals surface area contributed by atoms with E-state index in [1.165, 1.54) is 5.56 Å². The molecule has 0 aliphatic carbocycles. The van der Waals surface area contributed by atoms with Gasteiger partial charge >= 0.3 is 0 Å². The van der Waals surface area contributed by atoms with Crippen LogP contribution in [0.5, 0.6) is 0 Å². The summed E-state index contributed by atoms with van der Waals surface area (Å²) in [5.74, 6) is -0.510. The van der Waals surface area contributed by atoms with E-state index in [1.807, 2.05) is 0 Å². The molecule has 1 unspecified atom stereocenters. The van der Waals surface area contributed by atoms with Crippen molar-refractivity contribution in [3.8, 4) is 0 Å². The highest BCUT2D eigenvalue weighted by atomic mass is 16.4. The van der Waals surface area contributed by atoms with Crippen molar-refractivity contribution in [3.05, 3.63) is 48.0 Å². The van der Waals surface area contributed by atoms with Crippen molar-refractivity contribution < 1.29 is 14.8 Å². The summed E-state index contributed by atoms with van der Waals surface area (Å²) in [6.07, 6.45) is 1.74. The van der Waals surface area contributed by atoms with Gasteiger partial charge in [0.05, 0.1) is 12.5 Å². The van der Waals surface area contributed by atoms with Crippen LogP contribution in [0.2, 0.25) is 0 Å². The van der Waals surface area contributed by atoms with Crippen LogP contribution in [-0.4, -0.2) is 19.1 Å². The molecule has 0 amide bonds. The second-order valence-corrected chi connectivity index (χ2v) is 4.86. The minimum absolute atomic E-state index is 0.0119. The van der Waals surface area contributed by atoms with Gasteiger partial charge in [-0.05, 0) is 17.6 Å². The van der Waals surface area contributed by atoms with Gasteiger partial charge in [-0.25, -0.2) is 0 Å². The van der Waals surface area contributed by atoms with Crippen LogP contribution in [0.15, 0.2) is 36.9 Å². The van der Waals surface area contributed by atoms with E-state index in [1.54, 1.807) is 6.08 Å². The van der Waals surface area contributed by atoms with Crippen LogP contribution in [0.3, 0.4) is 0 Å². The van der Waals surface area contributed by atoms with E-state index < -0.39 is 5.97 Å². The van der Waals surface area contributed by atoms with E-state index in [-0.39, 0.29) is 6.54 Å². The molecule has 98 valence electrons. The first-order valence-corrected chi connectivity index (χ1v) is 6.26. The van der Waals surface area contributed by atoms with Crippen LogP contribution in [-0.2, 0) is 11.3 Å². The van der Waals surface area contributed by atoms with Gasteiger partial charge in [0.2, 0.25) is 0 Å². The van der Waals surface area contributed by atoms with Crippen molar-refractivity contribution in [1.82, 2.24) is 0 Å². The maximum Gasteiger partial charge on any atom is 0.118 e. The number of aliphatic carboxylic acids is 1. The van der Waals surface area contributed by atoms with Crippen LogP contribution in [0.1, 0.15) is 30.9 Å². The number of benzene rings is 1. The molecule has 3 heteroatoms. The second-order valence-electron chi connectivity index (χ2n) is 4.86. The van der Waals surface area contributed by atoms with Crippen LogP contribution >= 0.6 is 0 Å². The summed E-state index contributed by atoms with van der Waals surface area (Å²) in [7, 11) is 0. The van der Waals surface area contributed by atoms with E-state index in [0.717, 1.165) is 10.5 Å². The van der Waals surface area contributed by atoms with Crippen LogP contribution < -0.4 is 10.0 Å². The number of quaternary nitrogens is 1. The zero-order valence-electron chi connectivity index (χ0n) is 11.1. The Morgan fingerprint density at radius 2 is 2.00 bits per heavy atom. The van der Waals surface area contributed by atoms with Crippen molar-refractivity contribution in [2.24, 2.45) is 0 Å². The van der Waals surface area contributed by atoms with Crippen LogP contribution in [0.4, 0.5) is 0 Å². The standard InChI is InChI=1S/C15H21NO2/c1-4-9-16(11-15(17)18)10-13-5-7-14(8-6-13)12(2)3/h4-8,12H,1,9-11H2,2-3H3,(H,17,18). The molecule has 0 saturated carbocycles. The Balaban J connectivity index is 2.68. The van der Waals surface area contributed by atoms with Crippen molar-refractivity contribution in [2.45, 2.75) is 26.3 Å². The maximum absolute atomic E-state index is 10.7. The predicted molar refractivity (Wildman–Crippen MR) is 70.1 cm³/mol. The van der Waals surface area contributed by atoms with Crippen molar-refractivity contribution in [2.75, 3.05) is 13.1 Å². The summed E-state index contributed by atoms with van der Waals surface area (Å²) in [5.41, 5.74) is 2.43. The Bertz CT molecular complexity index is 395. The third-order valence-corrected chi connectivity index (χ3v) is 2.93. The quantitative estimate of drug-likeness (QED) is 0.696. The molecule has 0 spiro atoms. The highest BCUT2D eigenvalue weighted by Crippen LogP contribution is 2.14. The molecule has 1 N–H and O–H groups in total. The van der Waals surface area contributed by atoms with Gasteiger partial charge in [0.15, 0.2) is 0 Å². The Labute approximate surface area is 109 Å². The lowest BCUT2D eigenvalue weighted by molar-refractivity contribution is -0.902. The lowest BCUT2D eigenvalue weighted by atomic mass is 10.0. The zero-order valence-corrected chi connectivity index (χ0v) is 11.1. The van der Waals surface area contributed by atoms with Gasteiger partial charge < -0.3 is 14.8 Å². The number of carboxylic acid groups (broad SMARTS) is 1. The maximum atomic E-state index is 10.7. The lowest BCUT2D eigenvalue weighted by Gasteiger charge is -2.18. The molecule has 0 bridgehead atoms. The minimum atomic E-state index is -1.02. The highest BCUT2D eigenvalue weighted by Gasteiger charge is 2.08. The van der Waals surface area contributed by atoms with Crippen LogP contribution in [0, 0.1) is 0 Å². The molecule has 0 aromatic heterocycles. The molecular weight excluding hydrogens is 226 g/mol. The fourth-order valence-electron chi connectivity index (χ4n) is 1.92. The Morgan fingerprint density at radius 1 is 1.39 bits per heavy atom. The molecule has 0 fully saturated rings. The SMILES string of the molecule is C=CC[NH+](CC(=O)[O-])Cc1ccc(C(C)C)cc1. The van der Waals surface area contributed by atoms with E-state index in [2.05, 4.69) is 44.7 Å². The van der Waals surface area contributed by atoms with E-state index >= 15 is 0 Å². The number of rotatable bonds is 7. The fraction of sp³-hybridized carbons (Fsp3) is 0.400. The molecule has 0 saturated heterocycles. The first-order chi connectivity index (χ1) is 8.52. The number of carboxylic acids is 1. The van der Waals surface area contributed by atoms with Gasteiger partial charge in [0.1, 0.15) is 13.1 Å². The third-order valence-electron chi connectivity index (χ3n) is 2.93. The number of nitrogens with one attached hydrogen (secondary N) is 1. The average molecular weight is 247 g/mol. The van der Waals surface area contributed by atoms with Gasteiger partial charge in [-0.1, -0.05) is 44.7 Å². The summed E-state index contributed by atoms with van der Waals surface area (Å²) in [6.45, 7) is 9.27. The largest absolute Gasteiger partial charge is 0.544 e. The average Bonchev–Trinajstić information content (AvgIpc) is 2.29. The number of hydrogen-bond donors (Lipinski definition) is 1. The van der Waals surface area contributed by atoms with Gasteiger partial charge in [0, 0.05) is 5.56 Å².